The van der Waals surface area contributed by atoms with E-state index in [-0.39, 0.29) is 67.1 Å². The summed E-state index contributed by atoms with van der Waals surface area (Å²) in [7, 11) is 1.46. The molecule has 1 heterocycles. The molecule has 25 nitrogen and oxygen atoms in total. The second-order valence-corrected chi connectivity index (χ2v) is 25.2. The van der Waals surface area contributed by atoms with Crippen molar-refractivity contribution in [3.05, 3.63) is 65.2 Å². The molecule has 0 bridgehead atoms. The standard InChI is InChI=1S/C60H98N10O15S/c1-15-37(8)51(46(83-13)32-47(71)70-29-20-24-45(70)53(84-14)38(9)54(73)64-39(10)52(72)40-21-17-16-18-22-40)68(11)58(77)49(35(4)5)67-57(76)50(36(6)7)69(12)60(79)85-33-42-25-26-43(31-41(42)27-30-86(80,81)82)65-55(74)44(23-19-28-63-59(62)78)66-56(75)48(61)34(2)3/h16-18,21-22,25-26,31,34-39,44-46,48-53,72H,15,19-20,23-24,27-30,32-33,61H2,1-14H3,(H,64,73)(H,65,74)(H,66,75)(H,67,76)(H3,62,63,78)(H,80,81,82)/t37?,38?,39?,44?,45-,46?,48?,49?,50?,51?,52?,53?/m0/s1. The van der Waals surface area contributed by atoms with Gasteiger partial charge in [-0.3, -0.25) is 38.2 Å². The number of carbonyl (C=O) groups excluding carboxylic acids is 8. The molecular weight excluding hydrogens is 1130 g/mol. The van der Waals surface area contributed by atoms with Crippen LogP contribution in [0.15, 0.2) is 48.5 Å². The molecule has 86 heavy (non-hydrogen) atoms. The first kappa shape index (κ1) is 73.8. The number of likely N-dealkylation sites (N-methyl/N-ethyl adjacent to an activating group) is 2. The van der Waals surface area contributed by atoms with Crippen molar-refractivity contribution in [2.45, 2.75) is 181 Å². The highest BCUT2D eigenvalue weighted by atomic mass is 32.2. The molecule has 2 aromatic carbocycles. The minimum atomic E-state index is -4.50. The Bertz CT molecular complexity index is 2680. The van der Waals surface area contributed by atoms with E-state index in [1.165, 1.54) is 44.4 Å². The van der Waals surface area contributed by atoms with Crippen LogP contribution >= 0.6 is 0 Å². The lowest BCUT2D eigenvalue weighted by atomic mass is 9.89. The van der Waals surface area contributed by atoms with Gasteiger partial charge in [0.1, 0.15) is 24.7 Å². The number of methoxy groups -OCH3 is 2. The molecule has 1 fully saturated rings. The van der Waals surface area contributed by atoms with Crippen molar-refractivity contribution < 1.29 is 70.6 Å². The highest BCUT2D eigenvalue weighted by molar-refractivity contribution is 7.85. The van der Waals surface area contributed by atoms with Crippen LogP contribution in [0, 0.1) is 29.6 Å². The van der Waals surface area contributed by atoms with Crippen molar-refractivity contribution in [3.63, 3.8) is 0 Å². The second-order valence-electron chi connectivity index (χ2n) is 23.6. The van der Waals surface area contributed by atoms with E-state index in [9.17, 15) is 56.4 Å². The van der Waals surface area contributed by atoms with Crippen LogP contribution in [0.2, 0.25) is 0 Å². The van der Waals surface area contributed by atoms with E-state index >= 15 is 0 Å². The lowest BCUT2D eigenvalue weighted by Gasteiger charge is -2.41. The number of aliphatic hydroxyl groups excluding tert-OH is 1. The Labute approximate surface area is 508 Å². The average molecular weight is 1230 g/mol. The summed E-state index contributed by atoms with van der Waals surface area (Å²) in [5, 5.41) is 24.6. The molecule has 3 rings (SSSR count). The molecule has 0 saturated carbocycles. The molecule has 26 heteroatoms. The summed E-state index contributed by atoms with van der Waals surface area (Å²) in [6.07, 6.45) is -1.61. The van der Waals surface area contributed by atoms with Crippen molar-refractivity contribution in [1.29, 1.82) is 0 Å². The highest BCUT2D eigenvalue weighted by Crippen LogP contribution is 2.31. The maximum Gasteiger partial charge on any atom is 0.410 e. The number of nitrogens with zero attached hydrogens (tertiary/aromatic N) is 3. The summed E-state index contributed by atoms with van der Waals surface area (Å²) in [6, 6.07) is 6.57. The molecule has 12 atom stereocenters. The van der Waals surface area contributed by atoms with Crippen LogP contribution in [0.3, 0.4) is 0 Å². The Balaban J connectivity index is 1.81. The molecule has 0 spiro atoms. The molecule has 11 N–H and O–H groups in total. The first-order chi connectivity index (χ1) is 40.3. The Morgan fingerprint density at radius 1 is 0.802 bits per heavy atom. The number of primary amides is 1. The number of nitrogens with one attached hydrogen (secondary N) is 5. The molecule has 2 aromatic rings. The lowest BCUT2D eigenvalue weighted by Crippen LogP contribution is -2.60. The van der Waals surface area contributed by atoms with Crippen LogP contribution in [-0.2, 0) is 66.1 Å². The van der Waals surface area contributed by atoms with Gasteiger partial charge in [0.05, 0.1) is 60.6 Å². The van der Waals surface area contributed by atoms with Gasteiger partial charge in [0, 0.05) is 47.1 Å². The van der Waals surface area contributed by atoms with E-state index in [4.69, 9.17) is 25.7 Å². The minimum absolute atomic E-state index is 0.0743. The van der Waals surface area contributed by atoms with Crippen molar-refractivity contribution >= 4 is 63.4 Å². The number of benzene rings is 2. The largest absolute Gasteiger partial charge is 0.445 e. The predicted octanol–water partition coefficient (Wildman–Crippen LogP) is 3.86. The quantitative estimate of drug-likeness (QED) is 0.0355. The molecule has 0 aliphatic carbocycles. The number of nitrogens with two attached hydrogens (primary N) is 2. The SMILES string of the molecule is CCC(C)C(C(CC(=O)N1CCC[C@H]1C(OC)C(C)C(=O)NC(C)C(O)c1ccccc1)OC)N(C)C(=O)C(NC(=O)C(C(C)C)N(C)C(=O)OCc1ccc(NC(=O)C(CCCNC(N)=O)NC(=O)C(N)C(C)C)cc1CCS(=O)(=O)O)C(C)C. The molecule has 1 saturated heterocycles. The number of aliphatic hydroxyl groups is 1. The van der Waals surface area contributed by atoms with Crippen molar-refractivity contribution in [2.75, 3.05) is 52.5 Å². The topological polar surface area (TPSA) is 361 Å². The molecule has 484 valence electrons. The number of carbonyl (C=O) groups is 8. The van der Waals surface area contributed by atoms with Gasteiger partial charge >= 0.3 is 12.1 Å². The monoisotopic (exact) mass is 1230 g/mol. The number of likely N-dealkylation sites (tertiary alicyclic amines) is 1. The van der Waals surface area contributed by atoms with Gasteiger partial charge in [0.15, 0.2) is 0 Å². The first-order valence-corrected chi connectivity index (χ1v) is 31.2. The number of anilines is 1. The molecule has 11 unspecified atom stereocenters. The third-order valence-electron chi connectivity index (χ3n) is 16.2. The summed E-state index contributed by atoms with van der Waals surface area (Å²) in [5.74, 6) is -5.82. The van der Waals surface area contributed by atoms with Crippen molar-refractivity contribution in [1.82, 2.24) is 36.0 Å². The van der Waals surface area contributed by atoms with Gasteiger partial charge in [-0.2, -0.15) is 8.42 Å². The van der Waals surface area contributed by atoms with Crippen LogP contribution in [0.5, 0.6) is 0 Å². The number of hydrogen-bond acceptors (Lipinski definition) is 15. The minimum Gasteiger partial charge on any atom is -0.445 e. The fraction of sp³-hybridized carbons (Fsp3) is 0.667. The number of hydrogen-bond donors (Lipinski definition) is 9. The first-order valence-electron chi connectivity index (χ1n) is 29.6. The van der Waals surface area contributed by atoms with Crippen LogP contribution in [0.25, 0.3) is 0 Å². The predicted molar refractivity (Wildman–Crippen MR) is 325 cm³/mol. The van der Waals surface area contributed by atoms with Crippen LogP contribution in [-0.4, -0.2) is 182 Å². The van der Waals surface area contributed by atoms with E-state index in [2.05, 4.69) is 26.6 Å². The zero-order chi connectivity index (χ0) is 64.9. The van der Waals surface area contributed by atoms with Crippen LogP contribution < -0.4 is 38.1 Å². The maximum atomic E-state index is 14.8. The van der Waals surface area contributed by atoms with Gasteiger partial charge in [-0.05, 0) is 91.5 Å². The highest BCUT2D eigenvalue weighted by Gasteiger charge is 2.44. The van der Waals surface area contributed by atoms with E-state index in [0.29, 0.717) is 36.9 Å². The molecule has 1 aliphatic heterocycles. The third kappa shape index (κ3) is 21.7. The number of aryl methyl sites for hydroxylation is 1. The van der Waals surface area contributed by atoms with Gasteiger partial charge in [0.25, 0.3) is 10.1 Å². The third-order valence-corrected chi connectivity index (χ3v) is 16.9. The normalized spacial score (nSPS) is 17.4. The molecular formula is C60H98N10O15S. The zero-order valence-corrected chi connectivity index (χ0v) is 53.5. The Kier molecular flexibility index (Phi) is 29.8. The second kappa shape index (κ2) is 34.8. The van der Waals surface area contributed by atoms with Gasteiger partial charge in [-0.1, -0.05) is 105 Å². The molecule has 0 radical (unpaired) electrons. The summed E-state index contributed by atoms with van der Waals surface area (Å²) < 4.78 is 51.3. The Morgan fingerprint density at radius 2 is 1.45 bits per heavy atom. The molecule has 0 aromatic heterocycles. The summed E-state index contributed by atoms with van der Waals surface area (Å²) in [5.41, 5.74) is 12.6. The Morgan fingerprint density at radius 3 is 2.01 bits per heavy atom. The smallest absolute Gasteiger partial charge is 0.410 e. The fourth-order valence-electron chi connectivity index (χ4n) is 10.8. The van der Waals surface area contributed by atoms with Gasteiger partial charge < -0.3 is 67.2 Å². The molecule has 1 aliphatic rings. The fourth-order valence-corrected chi connectivity index (χ4v) is 11.3. The van der Waals surface area contributed by atoms with E-state index in [1.807, 2.05) is 32.0 Å². The number of urea groups is 1. The lowest BCUT2D eigenvalue weighted by molar-refractivity contribution is -0.148. The number of rotatable bonds is 34. The molecule has 9 amide bonds. The van der Waals surface area contributed by atoms with E-state index in [1.54, 1.807) is 79.5 Å². The number of amides is 9. The van der Waals surface area contributed by atoms with Gasteiger partial charge in [0.2, 0.25) is 35.4 Å². The summed E-state index contributed by atoms with van der Waals surface area (Å²) in [6.45, 7) is 17.9. The zero-order valence-electron chi connectivity index (χ0n) is 52.7. The average Bonchev–Trinajstić information content (AvgIpc) is 2.16. The van der Waals surface area contributed by atoms with E-state index < -0.39 is 137 Å². The Hall–Kier alpha value is -6.45. The van der Waals surface area contributed by atoms with Gasteiger partial charge in [-0.25, -0.2) is 9.59 Å². The van der Waals surface area contributed by atoms with Crippen molar-refractivity contribution in [3.8, 4) is 0 Å². The summed E-state index contributed by atoms with van der Waals surface area (Å²) in [4.78, 5) is 113. The van der Waals surface area contributed by atoms with Crippen molar-refractivity contribution in [2.24, 2.45) is 41.1 Å². The maximum absolute atomic E-state index is 14.8. The number of ether oxygens (including phenoxy) is 3. The van der Waals surface area contributed by atoms with Crippen LogP contribution in [0.1, 0.15) is 131 Å². The van der Waals surface area contributed by atoms with E-state index in [0.717, 1.165) is 4.90 Å². The van der Waals surface area contributed by atoms with Gasteiger partial charge in [-0.15, -0.1) is 0 Å². The summed E-state index contributed by atoms with van der Waals surface area (Å²) >= 11 is 0. The van der Waals surface area contributed by atoms with Crippen LogP contribution in [0.4, 0.5) is 15.3 Å².